The van der Waals surface area contributed by atoms with Crippen LogP contribution >= 0.6 is 46.4 Å². The molecule has 0 aromatic heterocycles. The summed E-state index contributed by atoms with van der Waals surface area (Å²) < 4.78 is 10.4. The summed E-state index contributed by atoms with van der Waals surface area (Å²) in [5, 5.41) is 4.18. The number of ether oxygens (including phenoxy) is 2. The minimum absolute atomic E-state index is 0.0937. The van der Waals surface area contributed by atoms with Crippen LogP contribution in [-0.2, 0) is 14.3 Å². The van der Waals surface area contributed by atoms with Crippen LogP contribution in [0.15, 0.2) is 36.4 Å². The van der Waals surface area contributed by atoms with Gasteiger partial charge in [-0.1, -0.05) is 46.4 Å². The van der Waals surface area contributed by atoms with Gasteiger partial charge in [0.15, 0.2) is 6.61 Å². The molecule has 0 atom stereocenters. The molecule has 1 N–H and O–H groups in total. The van der Waals surface area contributed by atoms with E-state index in [-0.39, 0.29) is 13.0 Å². The van der Waals surface area contributed by atoms with Gasteiger partial charge in [-0.25, -0.2) is 0 Å². The lowest BCUT2D eigenvalue weighted by atomic mass is 10.3. The molecule has 27 heavy (non-hydrogen) atoms. The fourth-order valence-electron chi connectivity index (χ4n) is 1.99. The third kappa shape index (κ3) is 7.46. The zero-order chi connectivity index (χ0) is 19.8. The second-order valence-electron chi connectivity index (χ2n) is 5.36. The van der Waals surface area contributed by atoms with Crippen LogP contribution in [0.5, 0.6) is 5.75 Å². The first-order valence-corrected chi connectivity index (χ1v) is 9.34. The van der Waals surface area contributed by atoms with Gasteiger partial charge < -0.3 is 14.8 Å². The summed E-state index contributed by atoms with van der Waals surface area (Å²) in [4.78, 5) is 23.5. The molecule has 0 aliphatic heterocycles. The molecule has 0 bridgehead atoms. The van der Waals surface area contributed by atoms with Gasteiger partial charge in [-0.2, -0.15) is 0 Å². The smallest absolute Gasteiger partial charge is 0.306 e. The molecule has 0 heterocycles. The molecular weight excluding hydrogens is 436 g/mol. The lowest BCUT2D eigenvalue weighted by molar-refractivity contribution is -0.147. The molecule has 2 rings (SSSR count). The van der Waals surface area contributed by atoms with E-state index >= 15 is 0 Å². The number of benzene rings is 2. The van der Waals surface area contributed by atoms with Gasteiger partial charge in [0, 0.05) is 16.5 Å². The van der Waals surface area contributed by atoms with Crippen LogP contribution in [0.3, 0.4) is 0 Å². The van der Waals surface area contributed by atoms with Gasteiger partial charge in [0.2, 0.25) is 0 Å². The van der Waals surface area contributed by atoms with Gasteiger partial charge in [0.05, 0.1) is 22.3 Å². The molecule has 0 fully saturated rings. The fourth-order valence-corrected chi connectivity index (χ4v) is 2.79. The highest BCUT2D eigenvalue weighted by atomic mass is 35.5. The average Bonchev–Trinajstić information content (AvgIpc) is 2.61. The van der Waals surface area contributed by atoms with Crippen molar-refractivity contribution in [2.45, 2.75) is 12.8 Å². The van der Waals surface area contributed by atoms with Crippen molar-refractivity contribution < 1.29 is 19.1 Å². The zero-order valence-corrected chi connectivity index (χ0v) is 17.0. The van der Waals surface area contributed by atoms with Gasteiger partial charge in [0.25, 0.3) is 5.91 Å². The largest absolute Gasteiger partial charge is 0.492 e. The zero-order valence-electron chi connectivity index (χ0n) is 13.9. The second kappa shape index (κ2) is 10.6. The van der Waals surface area contributed by atoms with Crippen LogP contribution in [0, 0.1) is 0 Å². The first-order valence-electron chi connectivity index (χ1n) is 7.83. The van der Waals surface area contributed by atoms with Crippen molar-refractivity contribution in [3.63, 3.8) is 0 Å². The van der Waals surface area contributed by atoms with E-state index in [1.807, 2.05) is 0 Å². The molecule has 0 saturated carbocycles. The summed E-state index contributed by atoms with van der Waals surface area (Å²) in [6, 6.07) is 9.52. The van der Waals surface area contributed by atoms with Gasteiger partial charge >= 0.3 is 5.97 Å². The molecule has 0 aliphatic rings. The van der Waals surface area contributed by atoms with Gasteiger partial charge in [-0.15, -0.1) is 0 Å². The maximum absolute atomic E-state index is 11.8. The molecular formula is C18H15Cl4NO4. The van der Waals surface area contributed by atoms with Gasteiger partial charge in [-0.05, 0) is 42.8 Å². The summed E-state index contributed by atoms with van der Waals surface area (Å²) in [6.07, 6.45) is 0.496. The van der Waals surface area contributed by atoms with Crippen molar-refractivity contribution in [1.82, 2.24) is 0 Å². The fraction of sp³-hybridized carbons (Fsp3) is 0.222. The molecule has 2 aromatic carbocycles. The molecule has 144 valence electrons. The van der Waals surface area contributed by atoms with Crippen LogP contribution < -0.4 is 10.1 Å². The number of hydrogen-bond acceptors (Lipinski definition) is 4. The van der Waals surface area contributed by atoms with Crippen molar-refractivity contribution in [2.75, 3.05) is 18.5 Å². The molecule has 1 amide bonds. The van der Waals surface area contributed by atoms with Crippen molar-refractivity contribution in [2.24, 2.45) is 0 Å². The average molecular weight is 451 g/mol. The summed E-state index contributed by atoms with van der Waals surface area (Å²) in [5.41, 5.74) is 0.346. The normalized spacial score (nSPS) is 10.4. The molecule has 5 nitrogen and oxygen atoms in total. The van der Waals surface area contributed by atoms with Crippen LogP contribution in [0.4, 0.5) is 5.69 Å². The first-order chi connectivity index (χ1) is 12.8. The van der Waals surface area contributed by atoms with Crippen LogP contribution in [0.1, 0.15) is 12.8 Å². The molecule has 0 spiro atoms. The summed E-state index contributed by atoms with van der Waals surface area (Å²) in [5.74, 6) is -0.558. The number of rotatable bonds is 8. The van der Waals surface area contributed by atoms with Crippen LogP contribution in [0.25, 0.3) is 0 Å². The number of esters is 1. The standard InChI is InChI=1S/C18H15Cl4NO4/c19-11-4-6-16(14(22)8-11)26-7-1-2-18(25)27-10-17(24)23-15-9-12(20)3-5-13(15)21/h3-6,8-9H,1-2,7,10H2,(H,23,24). The molecule has 0 aliphatic carbocycles. The summed E-state index contributed by atoms with van der Waals surface area (Å²) in [7, 11) is 0. The van der Waals surface area contributed by atoms with Gasteiger partial charge in [-0.3, -0.25) is 9.59 Å². The number of carbonyl (C=O) groups is 2. The predicted octanol–water partition coefficient (Wildman–Crippen LogP) is 5.64. The first kappa shape index (κ1) is 21.6. The Morgan fingerprint density at radius 3 is 2.37 bits per heavy atom. The van der Waals surface area contributed by atoms with E-state index in [2.05, 4.69) is 5.32 Å². The quantitative estimate of drug-likeness (QED) is 0.417. The maximum atomic E-state index is 11.8. The summed E-state index contributed by atoms with van der Waals surface area (Å²) in [6.45, 7) is -0.160. The Morgan fingerprint density at radius 1 is 0.926 bits per heavy atom. The monoisotopic (exact) mass is 449 g/mol. The Kier molecular flexibility index (Phi) is 8.51. The number of anilines is 1. The number of halogens is 4. The van der Waals surface area contributed by atoms with E-state index in [1.165, 1.54) is 6.07 Å². The molecule has 2 aromatic rings. The van der Waals surface area contributed by atoms with E-state index in [4.69, 9.17) is 55.9 Å². The van der Waals surface area contributed by atoms with Crippen molar-refractivity contribution >= 4 is 64.0 Å². The van der Waals surface area contributed by atoms with Crippen molar-refractivity contribution in [3.8, 4) is 5.75 Å². The van der Waals surface area contributed by atoms with Crippen LogP contribution in [0.2, 0.25) is 20.1 Å². The highest BCUT2D eigenvalue weighted by Crippen LogP contribution is 2.27. The van der Waals surface area contributed by atoms with E-state index < -0.39 is 18.5 Å². The predicted molar refractivity (Wildman–Crippen MR) is 107 cm³/mol. The third-order valence-corrected chi connectivity index (χ3v) is 4.34. The number of carbonyl (C=O) groups excluding carboxylic acids is 2. The highest BCUT2D eigenvalue weighted by Gasteiger charge is 2.10. The minimum atomic E-state index is -0.520. The lowest BCUT2D eigenvalue weighted by Crippen LogP contribution is -2.21. The number of nitrogens with one attached hydrogen (secondary N) is 1. The Hall–Kier alpha value is -1.66. The number of amides is 1. The van der Waals surface area contributed by atoms with E-state index in [0.29, 0.717) is 37.9 Å². The van der Waals surface area contributed by atoms with E-state index in [9.17, 15) is 9.59 Å². The second-order valence-corrected chi connectivity index (χ2v) is 7.05. The van der Waals surface area contributed by atoms with Crippen LogP contribution in [-0.4, -0.2) is 25.1 Å². The van der Waals surface area contributed by atoms with Crippen molar-refractivity contribution in [1.29, 1.82) is 0 Å². The maximum Gasteiger partial charge on any atom is 0.306 e. The number of hydrogen-bond donors (Lipinski definition) is 1. The minimum Gasteiger partial charge on any atom is -0.492 e. The third-order valence-electron chi connectivity index (χ3n) is 3.24. The Bertz CT molecular complexity index is 829. The SMILES string of the molecule is O=C(COC(=O)CCCOc1ccc(Cl)cc1Cl)Nc1cc(Cl)ccc1Cl. The Labute approximate surface area is 176 Å². The van der Waals surface area contributed by atoms with E-state index in [0.717, 1.165) is 0 Å². The van der Waals surface area contributed by atoms with Crippen molar-refractivity contribution in [3.05, 3.63) is 56.5 Å². The van der Waals surface area contributed by atoms with Gasteiger partial charge in [0.1, 0.15) is 5.75 Å². The molecule has 0 unspecified atom stereocenters. The molecule has 0 saturated heterocycles. The lowest BCUT2D eigenvalue weighted by Gasteiger charge is -2.09. The Morgan fingerprint density at radius 2 is 1.63 bits per heavy atom. The molecule has 9 heteroatoms. The Balaban J connectivity index is 1.67. The molecule has 0 radical (unpaired) electrons. The van der Waals surface area contributed by atoms with E-state index in [1.54, 1.807) is 30.3 Å². The highest BCUT2D eigenvalue weighted by molar-refractivity contribution is 6.36. The topological polar surface area (TPSA) is 64.6 Å². The summed E-state index contributed by atoms with van der Waals surface area (Å²) >= 11 is 23.6.